The topological polar surface area (TPSA) is 12.9 Å². The molecule has 0 unspecified atom stereocenters. The van der Waals surface area contributed by atoms with Crippen molar-refractivity contribution < 1.29 is 1.37 Å². The second kappa shape index (κ2) is 2.87. The van der Waals surface area contributed by atoms with Gasteiger partial charge in [-0.1, -0.05) is 26.0 Å². The van der Waals surface area contributed by atoms with E-state index in [4.69, 9.17) is 1.37 Å². The zero-order chi connectivity index (χ0) is 9.42. The quantitative estimate of drug-likeness (QED) is 0.653. The molecule has 0 N–H and O–H groups in total. The maximum Gasteiger partial charge on any atom is 0.0963 e. The van der Waals surface area contributed by atoms with Crippen molar-refractivity contribution >= 4 is 21.6 Å². The lowest BCUT2D eigenvalue weighted by atomic mass is 10.2. The molecule has 0 amide bonds. The van der Waals surface area contributed by atoms with Crippen molar-refractivity contribution in [2.45, 2.75) is 19.8 Å². The number of aromatic nitrogens is 1. The summed E-state index contributed by atoms with van der Waals surface area (Å²) in [6, 6.07) is 6.25. The van der Waals surface area contributed by atoms with E-state index in [2.05, 4.69) is 18.8 Å². The zero-order valence-electron chi connectivity index (χ0n) is 8.16. The van der Waals surface area contributed by atoms with Crippen molar-refractivity contribution in [3.63, 3.8) is 0 Å². The molecule has 2 rings (SSSR count). The van der Waals surface area contributed by atoms with E-state index < -0.39 is 0 Å². The molecule has 2 aromatic rings. The molecular weight excluding hydrogens is 166 g/mol. The van der Waals surface area contributed by atoms with Gasteiger partial charge in [-0.2, -0.15) is 0 Å². The number of thiazole rings is 1. The summed E-state index contributed by atoms with van der Waals surface area (Å²) in [6.07, 6.45) is 0. The molecule has 0 spiro atoms. The van der Waals surface area contributed by atoms with Gasteiger partial charge in [0.2, 0.25) is 0 Å². The highest BCUT2D eigenvalue weighted by atomic mass is 32.1. The molecule has 2 heteroatoms. The van der Waals surface area contributed by atoms with Crippen molar-refractivity contribution in [2.75, 3.05) is 0 Å². The van der Waals surface area contributed by atoms with E-state index in [1.165, 1.54) is 0 Å². The molecule has 1 nitrogen and oxygen atoms in total. The van der Waals surface area contributed by atoms with Crippen molar-refractivity contribution in [3.8, 4) is 0 Å². The lowest BCUT2D eigenvalue weighted by molar-refractivity contribution is 0.857. The van der Waals surface area contributed by atoms with Gasteiger partial charge in [-0.05, 0) is 12.1 Å². The van der Waals surface area contributed by atoms with E-state index in [1.807, 2.05) is 18.2 Å². The second-order valence-corrected chi connectivity index (χ2v) is 4.12. The third-order valence-electron chi connectivity index (χ3n) is 1.73. The summed E-state index contributed by atoms with van der Waals surface area (Å²) < 4.78 is 8.69. The van der Waals surface area contributed by atoms with Crippen LogP contribution in [0.3, 0.4) is 0 Å². The second-order valence-electron chi connectivity index (χ2n) is 3.09. The number of hydrogen-bond acceptors (Lipinski definition) is 2. The summed E-state index contributed by atoms with van der Waals surface area (Å²) in [7, 11) is 0. The molecule has 1 heterocycles. The number of fused-ring (bicyclic) bond motifs is 1. The minimum Gasteiger partial charge on any atom is -0.241 e. The third-order valence-corrected chi connectivity index (χ3v) is 3.03. The Labute approximate surface area is 77.5 Å². The van der Waals surface area contributed by atoms with E-state index in [0.29, 0.717) is 12.0 Å². The maximum atomic E-state index is 7.69. The summed E-state index contributed by atoms with van der Waals surface area (Å²) in [6.45, 7) is 4.25. The fourth-order valence-electron chi connectivity index (χ4n) is 1.08. The first kappa shape index (κ1) is 6.61. The highest BCUT2D eigenvalue weighted by Gasteiger charge is 2.05. The maximum absolute atomic E-state index is 7.69. The average Bonchev–Trinajstić information content (AvgIpc) is 2.49. The van der Waals surface area contributed by atoms with Gasteiger partial charge in [0.05, 0.1) is 16.6 Å². The van der Waals surface area contributed by atoms with Gasteiger partial charge >= 0.3 is 0 Å². The molecule has 0 radical (unpaired) electrons. The first-order valence-electron chi connectivity index (χ1n) is 4.54. The van der Waals surface area contributed by atoms with E-state index in [1.54, 1.807) is 11.3 Å². The van der Waals surface area contributed by atoms with Crippen LogP contribution in [0.1, 0.15) is 26.1 Å². The van der Waals surface area contributed by atoms with Crippen LogP contribution in [0.15, 0.2) is 24.2 Å². The molecule has 0 saturated carbocycles. The van der Waals surface area contributed by atoms with Crippen molar-refractivity contribution in [2.24, 2.45) is 0 Å². The minimum atomic E-state index is 0.455. The molecule has 0 aliphatic heterocycles. The molecule has 1 aromatic carbocycles. The highest BCUT2D eigenvalue weighted by Crippen LogP contribution is 2.26. The Morgan fingerprint density at radius 1 is 1.50 bits per heavy atom. The first-order chi connectivity index (χ1) is 6.18. The van der Waals surface area contributed by atoms with Crippen molar-refractivity contribution in [1.29, 1.82) is 0 Å². The van der Waals surface area contributed by atoms with Gasteiger partial charge in [-0.3, -0.25) is 0 Å². The number of rotatable bonds is 1. The van der Waals surface area contributed by atoms with Gasteiger partial charge in [-0.25, -0.2) is 4.98 Å². The van der Waals surface area contributed by atoms with Crippen LogP contribution in [0.4, 0.5) is 0 Å². The summed E-state index contributed by atoms with van der Waals surface area (Å²) >= 11 is 1.63. The van der Waals surface area contributed by atoms with E-state index in [9.17, 15) is 0 Å². The first-order valence-corrected chi connectivity index (χ1v) is 4.86. The van der Waals surface area contributed by atoms with Crippen LogP contribution in [0.25, 0.3) is 10.2 Å². The highest BCUT2D eigenvalue weighted by molar-refractivity contribution is 7.18. The van der Waals surface area contributed by atoms with Crippen molar-refractivity contribution in [1.82, 2.24) is 4.98 Å². The summed E-state index contributed by atoms with van der Waals surface area (Å²) in [5.41, 5.74) is 0.959. The average molecular weight is 179 g/mol. The molecule has 0 bridgehead atoms. The van der Waals surface area contributed by atoms with Crippen LogP contribution >= 0.6 is 11.3 Å². The molecule has 0 atom stereocenters. The van der Waals surface area contributed by atoms with Crippen LogP contribution in [0.5, 0.6) is 0 Å². The van der Waals surface area contributed by atoms with Crippen LogP contribution in [0.2, 0.25) is 0 Å². The van der Waals surface area contributed by atoms with Gasteiger partial charge in [0.15, 0.2) is 0 Å². The van der Waals surface area contributed by atoms with Crippen molar-refractivity contribution in [3.05, 3.63) is 29.2 Å². The Bertz CT molecular complexity index is 433. The number of para-hydroxylation sites is 1. The molecule has 62 valence electrons. The molecule has 0 aliphatic carbocycles. The number of hydrogen-bond donors (Lipinski definition) is 0. The minimum absolute atomic E-state index is 0.455. The van der Waals surface area contributed by atoms with Crippen LogP contribution < -0.4 is 0 Å². The molecular formula is C10H11NS. The summed E-state index contributed by atoms with van der Waals surface area (Å²) in [5, 5.41) is 1.12. The smallest absolute Gasteiger partial charge is 0.0963 e. The number of nitrogens with zero attached hydrogens (tertiary/aromatic N) is 1. The fourth-order valence-corrected chi connectivity index (χ4v) is 2.01. The van der Waals surface area contributed by atoms with Gasteiger partial charge in [0, 0.05) is 5.92 Å². The molecule has 1 aromatic heterocycles. The van der Waals surface area contributed by atoms with Crippen LogP contribution in [-0.2, 0) is 0 Å². The van der Waals surface area contributed by atoms with Gasteiger partial charge in [0.1, 0.15) is 0 Å². The molecule has 12 heavy (non-hydrogen) atoms. The lowest BCUT2D eigenvalue weighted by Gasteiger charge is -1.94. The number of benzene rings is 1. The lowest BCUT2D eigenvalue weighted by Crippen LogP contribution is -1.82. The van der Waals surface area contributed by atoms with Gasteiger partial charge < -0.3 is 0 Å². The van der Waals surface area contributed by atoms with Crippen LogP contribution in [-0.4, -0.2) is 4.98 Å². The standard InChI is InChI=1S/C10H11NS/c1-7(2)10-11-8-5-3-4-6-9(8)12-10/h3-7H,1-2H3/i6T. The molecule has 0 fully saturated rings. The Balaban J connectivity index is 2.68. The van der Waals surface area contributed by atoms with E-state index >= 15 is 0 Å². The third kappa shape index (κ3) is 1.23. The van der Waals surface area contributed by atoms with Gasteiger partial charge in [0.25, 0.3) is 0 Å². The van der Waals surface area contributed by atoms with Crippen LogP contribution in [0, 0.1) is 0 Å². The Morgan fingerprint density at radius 2 is 2.33 bits per heavy atom. The Kier molecular flexibility index (Phi) is 1.58. The van der Waals surface area contributed by atoms with E-state index in [0.717, 1.165) is 15.2 Å². The monoisotopic (exact) mass is 179 g/mol. The summed E-state index contributed by atoms with van der Waals surface area (Å²) in [4.78, 5) is 4.47. The normalized spacial score (nSPS) is 12.4. The SMILES string of the molecule is [3H]c1cccc2nc(C(C)C)sc12. The Morgan fingerprint density at radius 3 is 3.00 bits per heavy atom. The predicted molar refractivity (Wildman–Crippen MR) is 53.7 cm³/mol. The predicted octanol–water partition coefficient (Wildman–Crippen LogP) is 3.42. The fraction of sp³-hybridized carbons (Fsp3) is 0.300. The van der Waals surface area contributed by atoms with E-state index in [-0.39, 0.29) is 0 Å². The molecule has 0 aliphatic rings. The summed E-state index contributed by atoms with van der Waals surface area (Å²) in [5.74, 6) is 0.455. The zero-order valence-corrected chi connectivity index (χ0v) is 7.98. The Hall–Kier alpha value is -0.890. The molecule has 0 saturated heterocycles. The largest absolute Gasteiger partial charge is 0.241 e. The van der Waals surface area contributed by atoms with Gasteiger partial charge in [-0.15, -0.1) is 11.3 Å².